The molecule has 6 heteroatoms. The minimum absolute atomic E-state index is 0.0107. The average Bonchev–Trinajstić information content (AvgIpc) is 2.77. The number of hydrogen-bond acceptors (Lipinski definition) is 5. The van der Waals surface area contributed by atoms with Gasteiger partial charge in [-0.25, -0.2) is 4.79 Å². The van der Waals surface area contributed by atoms with Crippen LogP contribution in [0.5, 0.6) is 11.5 Å². The van der Waals surface area contributed by atoms with E-state index in [2.05, 4.69) is 12.1 Å². The van der Waals surface area contributed by atoms with E-state index in [1.807, 2.05) is 29.2 Å². The summed E-state index contributed by atoms with van der Waals surface area (Å²) in [7, 11) is 1.67. The average molecular weight is 421 g/mol. The zero-order chi connectivity index (χ0) is 21.8. The minimum Gasteiger partial charge on any atom is -0.496 e. The maximum absolute atomic E-state index is 12.9. The molecule has 0 saturated carbocycles. The molecule has 0 bridgehead atoms. The van der Waals surface area contributed by atoms with Gasteiger partial charge in [0.2, 0.25) is 5.91 Å². The van der Waals surface area contributed by atoms with Crippen molar-refractivity contribution in [2.45, 2.75) is 38.7 Å². The van der Waals surface area contributed by atoms with Crippen molar-refractivity contribution < 1.29 is 18.7 Å². The standard InChI is InChI=1S/C25H27NO5/c1-17-15-20(16-25(28)30-17)31-19-11-13-26(14-12-19)24(27)10-8-22-21-6-4-3-5-18(21)7-9-23(22)29-2/h3-7,9,15-16,19H,8,10-14H2,1-2H3. The molecule has 2 heterocycles. The number of rotatable bonds is 6. The molecule has 31 heavy (non-hydrogen) atoms. The maximum Gasteiger partial charge on any atom is 0.339 e. The lowest BCUT2D eigenvalue weighted by Gasteiger charge is -2.32. The molecule has 1 amide bonds. The third kappa shape index (κ3) is 4.90. The molecule has 1 aliphatic heterocycles. The molecular formula is C25H27NO5. The van der Waals surface area contributed by atoms with Crippen molar-refractivity contribution >= 4 is 16.7 Å². The van der Waals surface area contributed by atoms with Gasteiger partial charge in [0, 0.05) is 44.0 Å². The number of nitrogens with zero attached hydrogens (tertiary/aromatic N) is 1. The molecule has 1 aliphatic rings. The lowest BCUT2D eigenvalue weighted by Crippen LogP contribution is -2.41. The van der Waals surface area contributed by atoms with E-state index < -0.39 is 5.63 Å². The molecule has 1 fully saturated rings. The maximum atomic E-state index is 12.9. The van der Waals surface area contributed by atoms with E-state index in [4.69, 9.17) is 13.9 Å². The van der Waals surface area contributed by atoms with Crippen molar-refractivity contribution in [1.82, 2.24) is 4.90 Å². The van der Waals surface area contributed by atoms with E-state index in [1.165, 1.54) is 6.07 Å². The molecule has 2 aromatic carbocycles. The zero-order valence-corrected chi connectivity index (χ0v) is 17.9. The molecule has 1 saturated heterocycles. The summed E-state index contributed by atoms with van der Waals surface area (Å²) in [6, 6.07) is 15.3. The first-order valence-electron chi connectivity index (χ1n) is 10.6. The quantitative estimate of drug-likeness (QED) is 0.599. The molecule has 3 aromatic rings. The summed E-state index contributed by atoms with van der Waals surface area (Å²) in [5.41, 5.74) is 0.664. The van der Waals surface area contributed by atoms with Crippen LogP contribution in [0, 0.1) is 6.92 Å². The molecular weight excluding hydrogens is 394 g/mol. The Kier molecular flexibility index (Phi) is 6.26. The van der Waals surface area contributed by atoms with Gasteiger partial charge in [-0.3, -0.25) is 4.79 Å². The summed E-state index contributed by atoms with van der Waals surface area (Å²) in [6.45, 7) is 3.02. The number of piperidine rings is 1. The molecule has 0 aliphatic carbocycles. The third-order valence-electron chi connectivity index (χ3n) is 5.77. The lowest BCUT2D eigenvalue weighted by molar-refractivity contribution is -0.132. The van der Waals surface area contributed by atoms with E-state index >= 15 is 0 Å². The van der Waals surface area contributed by atoms with Crippen LogP contribution in [0.3, 0.4) is 0 Å². The number of methoxy groups -OCH3 is 1. The summed E-state index contributed by atoms with van der Waals surface area (Å²) in [5, 5.41) is 2.28. The van der Waals surface area contributed by atoms with E-state index in [9.17, 15) is 9.59 Å². The van der Waals surface area contributed by atoms with Crippen LogP contribution in [0.15, 0.2) is 57.7 Å². The van der Waals surface area contributed by atoms with Crippen molar-refractivity contribution in [3.63, 3.8) is 0 Å². The normalized spacial score (nSPS) is 14.6. The summed E-state index contributed by atoms with van der Waals surface area (Å²) >= 11 is 0. The molecule has 0 spiro atoms. The van der Waals surface area contributed by atoms with Crippen molar-refractivity contribution in [3.05, 3.63) is 70.3 Å². The molecule has 0 radical (unpaired) electrons. The highest BCUT2D eigenvalue weighted by atomic mass is 16.5. The van der Waals surface area contributed by atoms with Crippen LogP contribution in [0.2, 0.25) is 0 Å². The molecule has 162 valence electrons. The Morgan fingerprint density at radius 2 is 1.90 bits per heavy atom. The second-order valence-electron chi connectivity index (χ2n) is 7.89. The van der Waals surface area contributed by atoms with Crippen molar-refractivity contribution in [2.75, 3.05) is 20.2 Å². The van der Waals surface area contributed by atoms with Gasteiger partial charge < -0.3 is 18.8 Å². The van der Waals surface area contributed by atoms with Gasteiger partial charge in [-0.05, 0) is 30.2 Å². The topological polar surface area (TPSA) is 69.0 Å². The Balaban J connectivity index is 1.35. The number of fused-ring (bicyclic) bond motifs is 1. The van der Waals surface area contributed by atoms with Gasteiger partial charge in [0.15, 0.2) is 0 Å². The van der Waals surface area contributed by atoms with Crippen LogP contribution in [-0.2, 0) is 11.2 Å². The Morgan fingerprint density at radius 1 is 1.13 bits per heavy atom. The highest BCUT2D eigenvalue weighted by molar-refractivity contribution is 5.88. The number of carbonyl (C=O) groups is 1. The Hall–Kier alpha value is -3.28. The summed E-state index contributed by atoms with van der Waals surface area (Å²) in [6.07, 6.45) is 2.54. The summed E-state index contributed by atoms with van der Waals surface area (Å²) in [5.74, 6) is 2.02. The predicted octanol–water partition coefficient (Wildman–Crippen LogP) is 4.11. The van der Waals surface area contributed by atoms with Crippen LogP contribution >= 0.6 is 0 Å². The van der Waals surface area contributed by atoms with Crippen molar-refractivity contribution in [1.29, 1.82) is 0 Å². The second-order valence-corrected chi connectivity index (χ2v) is 7.89. The minimum atomic E-state index is -0.411. The number of amides is 1. The number of carbonyl (C=O) groups excluding carboxylic acids is 1. The largest absolute Gasteiger partial charge is 0.496 e. The Labute approximate surface area is 181 Å². The first kappa shape index (κ1) is 21.0. The van der Waals surface area contributed by atoms with Crippen LogP contribution in [0.1, 0.15) is 30.6 Å². The fourth-order valence-corrected chi connectivity index (χ4v) is 4.21. The molecule has 0 N–H and O–H groups in total. The fraction of sp³-hybridized carbons (Fsp3) is 0.360. The highest BCUT2D eigenvalue weighted by Crippen LogP contribution is 2.29. The smallest absolute Gasteiger partial charge is 0.339 e. The molecule has 6 nitrogen and oxygen atoms in total. The van der Waals surface area contributed by atoms with E-state index in [0.29, 0.717) is 37.4 Å². The fourth-order valence-electron chi connectivity index (χ4n) is 4.21. The van der Waals surface area contributed by atoms with E-state index in [1.54, 1.807) is 20.1 Å². The van der Waals surface area contributed by atoms with Gasteiger partial charge >= 0.3 is 5.63 Å². The van der Waals surface area contributed by atoms with Gasteiger partial charge in [-0.1, -0.05) is 30.3 Å². The van der Waals surface area contributed by atoms with Crippen LogP contribution < -0.4 is 15.1 Å². The molecule has 0 unspecified atom stereocenters. The third-order valence-corrected chi connectivity index (χ3v) is 5.77. The number of likely N-dealkylation sites (tertiary alicyclic amines) is 1. The molecule has 4 rings (SSSR count). The molecule has 0 atom stereocenters. The van der Waals surface area contributed by atoms with Crippen molar-refractivity contribution in [2.24, 2.45) is 0 Å². The van der Waals surface area contributed by atoms with E-state index in [0.717, 1.165) is 34.9 Å². The van der Waals surface area contributed by atoms with Crippen LogP contribution in [0.4, 0.5) is 0 Å². The summed E-state index contributed by atoms with van der Waals surface area (Å²) < 4.78 is 16.5. The molecule has 1 aromatic heterocycles. The lowest BCUT2D eigenvalue weighted by atomic mass is 9.99. The number of aryl methyl sites for hydroxylation is 2. The predicted molar refractivity (Wildman–Crippen MR) is 119 cm³/mol. The Bertz CT molecular complexity index is 1130. The summed E-state index contributed by atoms with van der Waals surface area (Å²) in [4.78, 5) is 26.3. The first-order valence-corrected chi connectivity index (χ1v) is 10.6. The van der Waals surface area contributed by atoms with Crippen LogP contribution in [-0.4, -0.2) is 37.1 Å². The zero-order valence-electron chi connectivity index (χ0n) is 17.9. The van der Waals surface area contributed by atoms with Gasteiger partial charge in [0.05, 0.1) is 13.2 Å². The van der Waals surface area contributed by atoms with Gasteiger partial charge in [0.25, 0.3) is 0 Å². The van der Waals surface area contributed by atoms with Crippen molar-refractivity contribution in [3.8, 4) is 11.5 Å². The SMILES string of the molecule is COc1ccc2ccccc2c1CCC(=O)N1CCC(Oc2cc(C)oc(=O)c2)CC1. The highest BCUT2D eigenvalue weighted by Gasteiger charge is 2.24. The number of hydrogen-bond donors (Lipinski definition) is 0. The monoisotopic (exact) mass is 421 g/mol. The second kappa shape index (κ2) is 9.25. The van der Waals surface area contributed by atoms with Gasteiger partial charge in [-0.2, -0.15) is 0 Å². The first-order chi connectivity index (χ1) is 15.0. The number of ether oxygens (including phenoxy) is 2. The number of benzene rings is 2. The van der Waals surface area contributed by atoms with Gasteiger partial charge in [-0.15, -0.1) is 0 Å². The van der Waals surface area contributed by atoms with Crippen LogP contribution in [0.25, 0.3) is 10.8 Å². The van der Waals surface area contributed by atoms with Gasteiger partial charge in [0.1, 0.15) is 23.4 Å². The van der Waals surface area contributed by atoms with E-state index in [-0.39, 0.29) is 12.0 Å². The Morgan fingerprint density at radius 3 is 2.65 bits per heavy atom.